The lowest BCUT2D eigenvalue weighted by Crippen LogP contribution is -2.53. The number of hydrogen-bond donors (Lipinski definition) is 1. The molecule has 1 saturated carbocycles. The summed E-state index contributed by atoms with van der Waals surface area (Å²) in [6.07, 6.45) is -2.71. The van der Waals surface area contributed by atoms with E-state index in [1.54, 1.807) is 0 Å². The third-order valence-electron chi connectivity index (χ3n) is 9.13. The van der Waals surface area contributed by atoms with Crippen molar-refractivity contribution in [1.82, 2.24) is 9.88 Å². The van der Waals surface area contributed by atoms with Gasteiger partial charge >= 0.3 is 6.18 Å². The highest BCUT2D eigenvalue weighted by atomic mass is 32.2. The second kappa shape index (κ2) is 10.0. The Morgan fingerprint density at radius 3 is 2.22 bits per heavy atom. The summed E-state index contributed by atoms with van der Waals surface area (Å²) in [5.41, 5.74) is 1.10. The quantitative estimate of drug-likeness (QED) is 0.403. The van der Waals surface area contributed by atoms with Crippen molar-refractivity contribution >= 4 is 21.7 Å². The SMILES string of the molecule is CC(F)(c1cnc2c(c1)CCC1N(C(=O)C3CCC(C(N)=O)CC3)CCC21S(=O)(=O)c1ccc(F)cc1)C(F)(F)F. The summed E-state index contributed by atoms with van der Waals surface area (Å²) in [5, 5.41) is 0. The van der Waals surface area contributed by atoms with Crippen molar-refractivity contribution in [2.75, 3.05) is 6.54 Å². The van der Waals surface area contributed by atoms with Crippen LogP contribution in [0.15, 0.2) is 41.4 Å². The number of sulfone groups is 1. The van der Waals surface area contributed by atoms with E-state index in [-0.39, 0.29) is 53.8 Å². The first kappa shape index (κ1) is 29.4. The number of benzene rings is 1. The smallest absolute Gasteiger partial charge is 0.369 e. The molecule has 0 radical (unpaired) electrons. The topological polar surface area (TPSA) is 110 Å². The van der Waals surface area contributed by atoms with Crippen LogP contribution in [0.2, 0.25) is 0 Å². The van der Waals surface area contributed by atoms with E-state index in [0.29, 0.717) is 38.8 Å². The van der Waals surface area contributed by atoms with Crippen LogP contribution in [0, 0.1) is 17.7 Å². The summed E-state index contributed by atoms with van der Waals surface area (Å²) in [6, 6.07) is 4.32. The number of nitrogens with two attached hydrogens (primary N) is 1. The van der Waals surface area contributed by atoms with Gasteiger partial charge in [-0.25, -0.2) is 17.2 Å². The number of likely N-dealkylation sites (tertiary alicyclic amines) is 1. The Balaban J connectivity index is 1.59. The minimum absolute atomic E-state index is 0.0208. The van der Waals surface area contributed by atoms with Gasteiger partial charge in [-0.3, -0.25) is 14.6 Å². The van der Waals surface area contributed by atoms with Crippen LogP contribution in [-0.4, -0.2) is 48.9 Å². The highest BCUT2D eigenvalue weighted by Crippen LogP contribution is 2.53. The molecule has 0 bridgehead atoms. The fraction of sp³-hybridized carbons (Fsp3) is 0.536. The van der Waals surface area contributed by atoms with E-state index in [1.807, 2.05) is 0 Å². The first-order valence-electron chi connectivity index (χ1n) is 13.5. The second-order valence-electron chi connectivity index (χ2n) is 11.4. The maximum Gasteiger partial charge on any atom is 0.426 e. The summed E-state index contributed by atoms with van der Waals surface area (Å²) >= 11 is 0. The third-order valence-corrected chi connectivity index (χ3v) is 11.7. The lowest BCUT2D eigenvalue weighted by Gasteiger charge is -2.42. The molecule has 3 unspecified atom stereocenters. The van der Waals surface area contributed by atoms with Gasteiger partial charge in [-0.2, -0.15) is 13.2 Å². The number of aryl methyl sites for hydroxylation is 1. The standard InChI is InChI=1S/C28H30F5N3O4S/c1-26(30,28(31,32)33)19-14-18-6-11-22-27(23(18)35-15-19,41(39,40)21-9-7-20(29)8-10-21)12-13-36(22)25(38)17-4-2-16(3-5-17)24(34)37/h7-10,14-17,22H,2-6,11-13H2,1H3,(H2,34,37). The van der Waals surface area contributed by atoms with Crippen molar-refractivity contribution in [3.63, 3.8) is 0 Å². The van der Waals surface area contributed by atoms with Crippen molar-refractivity contribution in [2.24, 2.45) is 17.6 Å². The summed E-state index contributed by atoms with van der Waals surface area (Å²) < 4.78 is 95.9. The average molecular weight is 600 g/mol. The van der Waals surface area contributed by atoms with E-state index >= 15 is 0 Å². The second-order valence-corrected chi connectivity index (χ2v) is 13.6. The number of aromatic nitrogens is 1. The largest absolute Gasteiger partial charge is 0.426 e. The highest BCUT2D eigenvalue weighted by molar-refractivity contribution is 7.92. The van der Waals surface area contributed by atoms with Gasteiger partial charge in [-0.15, -0.1) is 0 Å². The third kappa shape index (κ3) is 4.60. The predicted molar refractivity (Wildman–Crippen MR) is 137 cm³/mol. The number of hydrogen-bond acceptors (Lipinski definition) is 5. The minimum Gasteiger partial charge on any atom is -0.369 e. The maximum atomic E-state index is 14.9. The molecule has 1 saturated heterocycles. The summed E-state index contributed by atoms with van der Waals surface area (Å²) in [7, 11) is -4.38. The van der Waals surface area contributed by atoms with Crippen LogP contribution in [0.25, 0.3) is 0 Å². The molecule has 3 atom stereocenters. The van der Waals surface area contributed by atoms with Gasteiger partial charge in [0.2, 0.25) is 17.5 Å². The van der Waals surface area contributed by atoms with Crippen LogP contribution < -0.4 is 5.73 Å². The Kier molecular flexibility index (Phi) is 7.19. The van der Waals surface area contributed by atoms with E-state index in [0.717, 1.165) is 30.3 Å². The van der Waals surface area contributed by atoms with Gasteiger partial charge in [0.05, 0.1) is 16.6 Å². The number of carbonyl (C=O) groups excluding carboxylic acids is 2. The minimum atomic E-state index is -5.22. The van der Waals surface area contributed by atoms with E-state index < -0.39 is 55.7 Å². The van der Waals surface area contributed by atoms with Gasteiger partial charge in [-0.1, -0.05) is 0 Å². The first-order chi connectivity index (χ1) is 19.1. The molecule has 2 fully saturated rings. The van der Waals surface area contributed by atoms with E-state index in [1.165, 1.54) is 4.90 Å². The van der Waals surface area contributed by atoms with Gasteiger partial charge in [0.15, 0.2) is 9.84 Å². The summed E-state index contributed by atoms with van der Waals surface area (Å²) in [4.78, 5) is 30.8. The number of halogens is 5. The fourth-order valence-corrected chi connectivity index (χ4v) is 9.03. The van der Waals surface area contributed by atoms with Crippen molar-refractivity contribution in [1.29, 1.82) is 0 Å². The van der Waals surface area contributed by atoms with E-state index in [2.05, 4.69) is 4.98 Å². The van der Waals surface area contributed by atoms with E-state index in [9.17, 15) is 40.0 Å². The number of amides is 2. The van der Waals surface area contributed by atoms with E-state index in [4.69, 9.17) is 5.73 Å². The van der Waals surface area contributed by atoms with Crippen LogP contribution >= 0.6 is 0 Å². The molecular weight excluding hydrogens is 569 g/mol. The Morgan fingerprint density at radius 1 is 1.02 bits per heavy atom. The number of primary amides is 1. The van der Waals surface area contributed by atoms with Crippen LogP contribution in [0.1, 0.15) is 62.3 Å². The molecule has 2 aliphatic carbocycles. The van der Waals surface area contributed by atoms with Gasteiger partial charge in [0.25, 0.3) is 0 Å². The molecule has 1 aliphatic heterocycles. The Labute approximate surface area is 234 Å². The molecule has 3 aliphatic rings. The fourth-order valence-electron chi connectivity index (χ4n) is 6.71. The molecule has 2 heterocycles. The molecule has 2 amide bonds. The monoisotopic (exact) mass is 599 g/mol. The molecule has 7 nitrogen and oxygen atoms in total. The molecule has 5 rings (SSSR count). The highest BCUT2D eigenvalue weighted by Gasteiger charge is 2.63. The van der Waals surface area contributed by atoms with Crippen LogP contribution in [0.3, 0.4) is 0 Å². The number of alkyl halides is 4. The van der Waals surface area contributed by atoms with Crippen LogP contribution in [-0.2, 0) is 36.3 Å². The lowest BCUT2D eigenvalue weighted by atomic mass is 9.79. The Morgan fingerprint density at radius 2 is 1.63 bits per heavy atom. The zero-order chi connectivity index (χ0) is 30.0. The van der Waals surface area contributed by atoms with Crippen molar-refractivity contribution in [2.45, 2.75) is 79.4 Å². The van der Waals surface area contributed by atoms with Crippen molar-refractivity contribution in [3.05, 3.63) is 59.2 Å². The number of carbonyl (C=O) groups is 2. The number of fused-ring (bicyclic) bond motifs is 3. The first-order valence-corrected chi connectivity index (χ1v) is 14.9. The average Bonchev–Trinajstić information content (AvgIpc) is 3.34. The lowest BCUT2D eigenvalue weighted by molar-refractivity contribution is -0.228. The molecule has 1 aromatic carbocycles. The molecule has 2 aromatic rings. The molecular formula is C28H30F5N3O4S. The Bertz CT molecular complexity index is 1470. The normalized spacial score (nSPS) is 28.0. The Hall–Kier alpha value is -3.09. The molecule has 0 spiro atoms. The van der Waals surface area contributed by atoms with Gasteiger partial charge in [0, 0.05) is 30.1 Å². The summed E-state index contributed by atoms with van der Waals surface area (Å²) in [5.74, 6) is -2.11. The summed E-state index contributed by atoms with van der Waals surface area (Å²) in [6.45, 7) is 0.432. The number of rotatable bonds is 5. The number of nitrogens with zero attached hydrogens (tertiary/aromatic N) is 2. The zero-order valence-corrected chi connectivity index (χ0v) is 23.1. The molecule has 222 valence electrons. The van der Waals surface area contributed by atoms with Gasteiger partial charge < -0.3 is 10.6 Å². The zero-order valence-electron chi connectivity index (χ0n) is 22.3. The molecule has 41 heavy (non-hydrogen) atoms. The molecule has 2 N–H and O–H groups in total. The van der Waals surface area contributed by atoms with Gasteiger partial charge in [-0.05, 0) is 87.8 Å². The van der Waals surface area contributed by atoms with Crippen molar-refractivity contribution in [3.8, 4) is 0 Å². The van der Waals surface area contributed by atoms with Crippen molar-refractivity contribution < 1.29 is 40.0 Å². The van der Waals surface area contributed by atoms with Crippen LogP contribution in [0.4, 0.5) is 22.0 Å². The maximum absolute atomic E-state index is 14.9. The van der Waals surface area contributed by atoms with Crippen LogP contribution in [0.5, 0.6) is 0 Å². The predicted octanol–water partition coefficient (Wildman–Crippen LogP) is 4.48. The van der Waals surface area contributed by atoms with Gasteiger partial charge in [0.1, 0.15) is 10.6 Å². The molecule has 1 aromatic heterocycles. The molecule has 13 heteroatoms. The number of pyridine rings is 1.